The molecular weight excluding hydrogens is 282 g/mol. The lowest BCUT2D eigenvalue weighted by Gasteiger charge is -2.09. The molecule has 2 aromatic rings. The van der Waals surface area contributed by atoms with Crippen LogP contribution in [0.5, 0.6) is 0 Å². The molecule has 2 N–H and O–H groups in total. The molecule has 0 saturated carbocycles. The number of aromatic amines is 1. The lowest BCUT2D eigenvalue weighted by atomic mass is 10.3. The highest BCUT2D eigenvalue weighted by atomic mass is 32.2. The van der Waals surface area contributed by atoms with Gasteiger partial charge in [0.05, 0.1) is 0 Å². The summed E-state index contributed by atoms with van der Waals surface area (Å²) in [5.74, 6) is 0.269. The molecule has 20 heavy (non-hydrogen) atoms. The third-order valence-electron chi connectivity index (χ3n) is 2.75. The van der Waals surface area contributed by atoms with Gasteiger partial charge >= 0.3 is 0 Å². The van der Waals surface area contributed by atoms with E-state index in [0.717, 1.165) is 0 Å². The van der Waals surface area contributed by atoms with E-state index in [-0.39, 0.29) is 22.5 Å². The Balaban J connectivity index is 2.29. The van der Waals surface area contributed by atoms with E-state index in [1.807, 2.05) is 6.92 Å². The first kappa shape index (κ1) is 14.5. The van der Waals surface area contributed by atoms with Crippen molar-refractivity contribution in [1.82, 2.24) is 14.9 Å². The fraction of sp³-hybridized carbons (Fsp3) is 0.333. The van der Waals surface area contributed by atoms with E-state index in [1.165, 1.54) is 24.3 Å². The number of rotatable bonds is 5. The van der Waals surface area contributed by atoms with Crippen molar-refractivity contribution >= 4 is 10.0 Å². The summed E-state index contributed by atoms with van der Waals surface area (Å²) in [5, 5.41) is 5.85. The molecule has 7 nitrogen and oxygen atoms in total. The summed E-state index contributed by atoms with van der Waals surface area (Å²) in [6, 6.07) is 5.41. The number of nitrogens with zero attached hydrogens (tertiary/aromatic N) is 1. The van der Waals surface area contributed by atoms with Crippen molar-refractivity contribution < 1.29 is 12.8 Å². The molecule has 0 amide bonds. The maximum absolute atomic E-state index is 12.0. The number of sulfonamides is 1. The van der Waals surface area contributed by atoms with Gasteiger partial charge in [-0.25, -0.2) is 18.2 Å². The summed E-state index contributed by atoms with van der Waals surface area (Å²) in [6.45, 7) is 3.65. The molecule has 0 spiro atoms. The Morgan fingerprint density at radius 2 is 2.10 bits per heavy atom. The van der Waals surface area contributed by atoms with Gasteiger partial charge in [0.1, 0.15) is 5.69 Å². The van der Waals surface area contributed by atoms with Crippen LogP contribution < -0.4 is 10.3 Å². The molecule has 0 radical (unpaired) electrons. The van der Waals surface area contributed by atoms with Crippen LogP contribution in [0.2, 0.25) is 0 Å². The zero-order valence-electron chi connectivity index (χ0n) is 11.1. The van der Waals surface area contributed by atoms with Crippen LogP contribution in [0.4, 0.5) is 0 Å². The van der Waals surface area contributed by atoms with Gasteiger partial charge in [0.2, 0.25) is 5.09 Å². The van der Waals surface area contributed by atoms with Crippen LogP contribution in [0, 0.1) is 0 Å². The van der Waals surface area contributed by atoms with Crippen molar-refractivity contribution in [2.75, 3.05) is 0 Å². The molecule has 0 bridgehead atoms. The van der Waals surface area contributed by atoms with Gasteiger partial charge in [-0.2, -0.15) is 5.10 Å². The normalized spacial score (nSPS) is 13.3. The summed E-state index contributed by atoms with van der Waals surface area (Å²) < 4.78 is 31.8. The smallest absolute Gasteiger partial charge is 0.274 e. The monoisotopic (exact) mass is 297 g/mol. The van der Waals surface area contributed by atoms with E-state index in [4.69, 9.17) is 4.42 Å². The Kier molecular flexibility index (Phi) is 4.05. The second-order valence-electron chi connectivity index (χ2n) is 4.36. The Morgan fingerprint density at radius 1 is 1.35 bits per heavy atom. The molecule has 1 atom stereocenters. The zero-order chi connectivity index (χ0) is 14.8. The zero-order valence-corrected chi connectivity index (χ0v) is 11.9. The third-order valence-corrected chi connectivity index (χ3v) is 4.21. The molecule has 2 heterocycles. The van der Waals surface area contributed by atoms with Gasteiger partial charge in [0.15, 0.2) is 5.76 Å². The van der Waals surface area contributed by atoms with Crippen LogP contribution in [0.3, 0.4) is 0 Å². The second-order valence-corrected chi connectivity index (χ2v) is 6.00. The van der Waals surface area contributed by atoms with Crippen molar-refractivity contribution in [3.8, 4) is 11.5 Å². The molecule has 2 aromatic heterocycles. The van der Waals surface area contributed by atoms with Gasteiger partial charge in [0, 0.05) is 12.1 Å². The summed E-state index contributed by atoms with van der Waals surface area (Å²) in [5.41, 5.74) is 0.0150. The third kappa shape index (κ3) is 3.14. The molecular formula is C12H15N3O4S. The summed E-state index contributed by atoms with van der Waals surface area (Å²) >= 11 is 0. The van der Waals surface area contributed by atoms with Crippen LogP contribution in [0.1, 0.15) is 20.3 Å². The van der Waals surface area contributed by atoms with Crippen LogP contribution >= 0.6 is 0 Å². The molecule has 0 aliphatic heterocycles. The molecule has 2 rings (SSSR count). The molecule has 0 unspecified atom stereocenters. The van der Waals surface area contributed by atoms with Gasteiger partial charge in [-0.15, -0.1) is 0 Å². The summed E-state index contributed by atoms with van der Waals surface area (Å²) in [6.07, 6.45) is 0.675. The predicted octanol–water partition coefficient (Wildman–Crippen LogP) is 1.11. The van der Waals surface area contributed by atoms with Gasteiger partial charge < -0.3 is 4.42 Å². The maximum atomic E-state index is 12.0. The first-order valence-corrected chi connectivity index (χ1v) is 7.59. The van der Waals surface area contributed by atoms with Crippen LogP contribution in [-0.2, 0) is 10.0 Å². The average Bonchev–Trinajstić information content (AvgIpc) is 2.89. The van der Waals surface area contributed by atoms with Crippen LogP contribution in [0.15, 0.2) is 38.6 Å². The van der Waals surface area contributed by atoms with Crippen LogP contribution in [-0.4, -0.2) is 24.7 Å². The van der Waals surface area contributed by atoms with E-state index in [2.05, 4.69) is 14.9 Å². The fourth-order valence-corrected chi connectivity index (χ4v) is 2.75. The standard InChI is InChI=1S/C12H15N3O4S/c1-3-8(2)15-20(17,18)12-7-5-10(19-12)9-4-6-11(16)14-13-9/h4-8,15H,3H2,1-2H3,(H,14,16)/t8-/m0/s1. The number of aromatic nitrogens is 2. The number of furan rings is 1. The number of H-pyrrole nitrogens is 1. The summed E-state index contributed by atoms with van der Waals surface area (Å²) in [4.78, 5) is 10.9. The van der Waals surface area contributed by atoms with E-state index in [1.54, 1.807) is 6.92 Å². The van der Waals surface area contributed by atoms with Crippen molar-refractivity contribution in [2.45, 2.75) is 31.4 Å². The number of hydrogen-bond donors (Lipinski definition) is 2. The maximum Gasteiger partial charge on any atom is 0.274 e. The predicted molar refractivity (Wildman–Crippen MR) is 72.6 cm³/mol. The first-order chi connectivity index (χ1) is 9.42. The van der Waals surface area contributed by atoms with Crippen molar-refractivity contribution in [3.63, 3.8) is 0 Å². The first-order valence-electron chi connectivity index (χ1n) is 6.10. The Morgan fingerprint density at radius 3 is 2.70 bits per heavy atom. The molecule has 0 aliphatic rings. The topological polar surface area (TPSA) is 105 Å². The van der Waals surface area contributed by atoms with Gasteiger partial charge in [-0.3, -0.25) is 4.79 Å². The average molecular weight is 297 g/mol. The molecule has 108 valence electrons. The van der Waals surface area contributed by atoms with E-state index in [9.17, 15) is 13.2 Å². The minimum absolute atomic E-state index is 0.180. The van der Waals surface area contributed by atoms with Gasteiger partial charge in [-0.05, 0) is 31.5 Å². The van der Waals surface area contributed by atoms with E-state index in [0.29, 0.717) is 12.1 Å². The Bertz CT molecular complexity index is 728. The van der Waals surface area contributed by atoms with Gasteiger partial charge in [0.25, 0.3) is 15.6 Å². The molecule has 0 fully saturated rings. The largest absolute Gasteiger partial charge is 0.442 e. The van der Waals surface area contributed by atoms with E-state index >= 15 is 0 Å². The highest BCUT2D eigenvalue weighted by molar-refractivity contribution is 7.89. The Hall–Kier alpha value is -1.93. The minimum Gasteiger partial charge on any atom is -0.442 e. The van der Waals surface area contributed by atoms with Gasteiger partial charge in [-0.1, -0.05) is 6.92 Å². The minimum atomic E-state index is -3.68. The lowest BCUT2D eigenvalue weighted by molar-refractivity contribution is 0.449. The lowest BCUT2D eigenvalue weighted by Crippen LogP contribution is -2.31. The fourth-order valence-electron chi connectivity index (χ4n) is 1.49. The van der Waals surface area contributed by atoms with Crippen molar-refractivity contribution in [3.05, 3.63) is 34.6 Å². The van der Waals surface area contributed by atoms with E-state index < -0.39 is 10.0 Å². The molecule has 0 aliphatic carbocycles. The molecule has 0 saturated heterocycles. The summed E-state index contributed by atoms with van der Waals surface area (Å²) in [7, 11) is -3.68. The quantitative estimate of drug-likeness (QED) is 0.860. The highest BCUT2D eigenvalue weighted by Gasteiger charge is 2.21. The highest BCUT2D eigenvalue weighted by Crippen LogP contribution is 2.22. The SMILES string of the molecule is CC[C@H](C)NS(=O)(=O)c1ccc(-c2ccc(=O)[nH]n2)o1. The van der Waals surface area contributed by atoms with Crippen LogP contribution in [0.25, 0.3) is 11.5 Å². The molecule has 8 heteroatoms. The Labute approximate surface area is 116 Å². The number of nitrogens with one attached hydrogen (secondary N) is 2. The second kappa shape index (κ2) is 5.59. The number of hydrogen-bond acceptors (Lipinski definition) is 5. The molecule has 0 aromatic carbocycles. The van der Waals surface area contributed by atoms with Crippen molar-refractivity contribution in [1.29, 1.82) is 0 Å². The van der Waals surface area contributed by atoms with Crippen molar-refractivity contribution in [2.24, 2.45) is 0 Å².